The molecular formula is C18H25N3O4. The second-order valence-corrected chi connectivity index (χ2v) is 6.40. The fraction of sp³-hybridized carbons (Fsp3) is 0.556. The molecule has 0 bridgehead atoms. The second-order valence-electron chi connectivity index (χ2n) is 6.40. The largest absolute Gasteiger partial charge is 0.378 e. The molecule has 7 heteroatoms. The summed E-state index contributed by atoms with van der Waals surface area (Å²) in [6.45, 7) is 5.48. The van der Waals surface area contributed by atoms with Gasteiger partial charge in [-0.05, 0) is 37.5 Å². The molecule has 0 radical (unpaired) electrons. The molecule has 25 heavy (non-hydrogen) atoms. The summed E-state index contributed by atoms with van der Waals surface area (Å²) >= 11 is 0. The molecule has 0 saturated carbocycles. The lowest BCUT2D eigenvalue weighted by Gasteiger charge is -2.27. The Kier molecular flexibility index (Phi) is 5.88. The van der Waals surface area contributed by atoms with Gasteiger partial charge in [0.2, 0.25) is 0 Å². The van der Waals surface area contributed by atoms with E-state index in [1.54, 1.807) is 17.0 Å². The molecule has 2 heterocycles. The summed E-state index contributed by atoms with van der Waals surface area (Å²) in [5.41, 5.74) is 2.12. The van der Waals surface area contributed by atoms with Gasteiger partial charge in [-0.1, -0.05) is 6.07 Å². The maximum absolute atomic E-state index is 12.6. The molecule has 1 aromatic rings. The highest BCUT2D eigenvalue weighted by Crippen LogP contribution is 2.19. The molecule has 1 aromatic carbocycles. The third-order valence-electron chi connectivity index (χ3n) is 4.55. The van der Waals surface area contributed by atoms with Crippen molar-refractivity contribution >= 4 is 17.6 Å². The summed E-state index contributed by atoms with van der Waals surface area (Å²) in [7, 11) is 0. The van der Waals surface area contributed by atoms with Crippen LogP contribution in [0.4, 0.5) is 10.5 Å². The Morgan fingerprint density at radius 1 is 1.24 bits per heavy atom. The average Bonchev–Trinajstić information content (AvgIpc) is 3.15. The molecule has 7 nitrogen and oxygen atoms in total. The van der Waals surface area contributed by atoms with Gasteiger partial charge < -0.3 is 25.0 Å². The van der Waals surface area contributed by atoms with Crippen molar-refractivity contribution < 1.29 is 19.1 Å². The number of carbonyl (C=O) groups is 2. The molecular weight excluding hydrogens is 322 g/mol. The third kappa shape index (κ3) is 4.70. The van der Waals surface area contributed by atoms with E-state index in [1.807, 2.05) is 13.0 Å². The van der Waals surface area contributed by atoms with Crippen LogP contribution in [-0.4, -0.2) is 62.4 Å². The normalized spacial score (nSPS) is 20.4. The summed E-state index contributed by atoms with van der Waals surface area (Å²) in [6, 6.07) is 5.10. The van der Waals surface area contributed by atoms with Crippen LogP contribution in [0.3, 0.4) is 0 Å². The first-order chi connectivity index (χ1) is 12.1. The molecule has 2 aliphatic rings. The quantitative estimate of drug-likeness (QED) is 0.870. The number of morpholine rings is 1. The van der Waals surface area contributed by atoms with E-state index in [-0.39, 0.29) is 18.0 Å². The highest BCUT2D eigenvalue weighted by Gasteiger charge is 2.20. The van der Waals surface area contributed by atoms with E-state index >= 15 is 0 Å². The Morgan fingerprint density at radius 3 is 2.76 bits per heavy atom. The van der Waals surface area contributed by atoms with Crippen LogP contribution in [0.5, 0.6) is 0 Å². The number of anilines is 1. The number of urea groups is 1. The number of ether oxygens (including phenoxy) is 2. The highest BCUT2D eigenvalue weighted by atomic mass is 16.5. The lowest BCUT2D eigenvalue weighted by Crippen LogP contribution is -2.40. The van der Waals surface area contributed by atoms with E-state index in [2.05, 4.69) is 10.6 Å². The Hall–Kier alpha value is -2.12. The lowest BCUT2D eigenvalue weighted by atomic mass is 10.1. The summed E-state index contributed by atoms with van der Waals surface area (Å²) in [5, 5.41) is 5.66. The summed E-state index contributed by atoms with van der Waals surface area (Å²) in [5.74, 6) is -0.0360. The fourth-order valence-corrected chi connectivity index (χ4v) is 3.02. The minimum atomic E-state index is -0.283. The van der Waals surface area contributed by atoms with Gasteiger partial charge in [0.25, 0.3) is 5.91 Å². The van der Waals surface area contributed by atoms with Crippen LogP contribution >= 0.6 is 0 Å². The van der Waals surface area contributed by atoms with E-state index in [0.717, 1.165) is 25.0 Å². The number of hydrogen-bond acceptors (Lipinski definition) is 4. The van der Waals surface area contributed by atoms with Crippen molar-refractivity contribution in [3.63, 3.8) is 0 Å². The second kappa shape index (κ2) is 8.31. The van der Waals surface area contributed by atoms with Crippen LogP contribution in [0.2, 0.25) is 0 Å². The highest BCUT2D eigenvalue weighted by molar-refractivity contribution is 5.97. The van der Waals surface area contributed by atoms with Gasteiger partial charge >= 0.3 is 6.03 Å². The lowest BCUT2D eigenvalue weighted by molar-refractivity contribution is 0.0303. The minimum absolute atomic E-state index is 0.0360. The number of nitrogens with one attached hydrogen (secondary N) is 2. The van der Waals surface area contributed by atoms with Crippen LogP contribution in [0.15, 0.2) is 18.2 Å². The molecule has 2 N–H and O–H groups in total. The molecule has 0 spiro atoms. The number of carbonyl (C=O) groups excluding carboxylic acids is 2. The van der Waals surface area contributed by atoms with Gasteiger partial charge in [-0.25, -0.2) is 4.79 Å². The molecule has 2 saturated heterocycles. The monoisotopic (exact) mass is 347 g/mol. The van der Waals surface area contributed by atoms with Crippen molar-refractivity contribution in [1.82, 2.24) is 10.2 Å². The predicted octanol–water partition coefficient (Wildman–Crippen LogP) is 1.77. The average molecular weight is 347 g/mol. The van der Waals surface area contributed by atoms with Crippen LogP contribution in [0, 0.1) is 6.92 Å². The van der Waals surface area contributed by atoms with Crippen molar-refractivity contribution in [2.45, 2.75) is 25.9 Å². The first-order valence-corrected chi connectivity index (χ1v) is 8.77. The number of hydrogen-bond donors (Lipinski definition) is 2. The smallest absolute Gasteiger partial charge is 0.319 e. The van der Waals surface area contributed by atoms with E-state index < -0.39 is 0 Å². The predicted molar refractivity (Wildman–Crippen MR) is 93.9 cm³/mol. The van der Waals surface area contributed by atoms with Gasteiger partial charge in [0.15, 0.2) is 0 Å². The topological polar surface area (TPSA) is 79.9 Å². The van der Waals surface area contributed by atoms with Crippen molar-refractivity contribution in [3.05, 3.63) is 29.3 Å². The van der Waals surface area contributed by atoms with Gasteiger partial charge in [-0.15, -0.1) is 0 Å². The van der Waals surface area contributed by atoms with Crippen LogP contribution in [0.1, 0.15) is 28.8 Å². The first-order valence-electron chi connectivity index (χ1n) is 8.77. The van der Waals surface area contributed by atoms with E-state index in [1.165, 1.54) is 0 Å². The van der Waals surface area contributed by atoms with Gasteiger partial charge in [0.05, 0.1) is 19.3 Å². The van der Waals surface area contributed by atoms with Crippen molar-refractivity contribution in [3.8, 4) is 0 Å². The van der Waals surface area contributed by atoms with E-state index in [0.29, 0.717) is 44.1 Å². The van der Waals surface area contributed by atoms with E-state index in [4.69, 9.17) is 9.47 Å². The SMILES string of the molecule is Cc1ccc(C(=O)N2CCOCC2)cc1NC(=O)NC[C@H]1CCCO1. The fourth-order valence-electron chi connectivity index (χ4n) is 3.02. The van der Waals surface area contributed by atoms with Gasteiger partial charge in [-0.2, -0.15) is 0 Å². The van der Waals surface area contributed by atoms with Crippen LogP contribution < -0.4 is 10.6 Å². The van der Waals surface area contributed by atoms with E-state index in [9.17, 15) is 9.59 Å². The molecule has 3 rings (SSSR count). The van der Waals surface area contributed by atoms with Gasteiger partial charge in [0.1, 0.15) is 0 Å². The maximum Gasteiger partial charge on any atom is 0.319 e. The molecule has 3 amide bonds. The number of aryl methyl sites for hydroxylation is 1. The molecule has 1 atom stereocenters. The number of nitrogens with zero attached hydrogens (tertiary/aromatic N) is 1. The minimum Gasteiger partial charge on any atom is -0.378 e. The zero-order valence-electron chi connectivity index (χ0n) is 14.5. The van der Waals surface area contributed by atoms with Crippen molar-refractivity contribution in [1.29, 1.82) is 0 Å². The van der Waals surface area contributed by atoms with Crippen LogP contribution in [-0.2, 0) is 9.47 Å². The first kappa shape index (κ1) is 17.7. The zero-order chi connectivity index (χ0) is 17.6. The maximum atomic E-state index is 12.6. The zero-order valence-corrected chi connectivity index (χ0v) is 14.5. The number of amides is 3. The molecule has 0 unspecified atom stereocenters. The summed E-state index contributed by atoms with van der Waals surface area (Å²) < 4.78 is 10.8. The Labute approximate surface area is 147 Å². The van der Waals surface area contributed by atoms with Gasteiger partial charge in [0, 0.05) is 37.5 Å². The van der Waals surface area contributed by atoms with Crippen LogP contribution in [0.25, 0.3) is 0 Å². The third-order valence-corrected chi connectivity index (χ3v) is 4.55. The standard InChI is InChI=1S/C18H25N3O4/c1-13-4-5-14(17(22)21-6-9-24-10-7-21)11-16(13)20-18(23)19-12-15-3-2-8-25-15/h4-5,11,15H,2-3,6-10,12H2,1H3,(H2,19,20,23)/t15-/m1/s1. The number of rotatable bonds is 4. The summed E-state index contributed by atoms with van der Waals surface area (Å²) in [4.78, 5) is 26.5. The Balaban J connectivity index is 1.60. The molecule has 136 valence electrons. The Morgan fingerprint density at radius 2 is 2.04 bits per heavy atom. The van der Waals surface area contributed by atoms with Crippen molar-refractivity contribution in [2.24, 2.45) is 0 Å². The summed E-state index contributed by atoms with van der Waals surface area (Å²) in [6.07, 6.45) is 2.11. The van der Waals surface area contributed by atoms with Gasteiger partial charge in [-0.3, -0.25) is 4.79 Å². The van der Waals surface area contributed by atoms with Crippen molar-refractivity contribution in [2.75, 3.05) is 44.8 Å². The molecule has 2 aliphatic heterocycles. The molecule has 0 aromatic heterocycles. The molecule has 2 fully saturated rings. The Bertz CT molecular complexity index is 623. The molecule has 0 aliphatic carbocycles. The number of benzene rings is 1.